The highest BCUT2D eigenvalue weighted by Gasteiger charge is 2.12. The molecule has 0 atom stereocenters. The number of anilines is 3. The van der Waals surface area contributed by atoms with Gasteiger partial charge in [-0.15, -0.1) is 0 Å². The Bertz CT molecular complexity index is 1300. The second-order valence-corrected chi connectivity index (χ2v) is 8.28. The van der Waals surface area contributed by atoms with Gasteiger partial charge >= 0.3 is 0 Å². The summed E-state index contributed by atoms with van der Waals surface area (Å²) in [6.07, 6.45) is 0. The van der Waals surface area contributed by atoms with Crippen LogP contribution < -0.4 is 24.9 Å². The molecule has 0 aliphatic carbocycles. The Morgan fingerprint density at radius 1 is 0.909 bits per heavy atom. The second kappa shape index (κ2) is 10.5. The van der Waals surface area contributed by atoms with E-state index in [1.807, 2.05) is 65.2 Å². The van der Waals surface area contributed by atoms with E-state index in [2.05, 4.69) is 20.0 Å². The maximum absolute atomic E-state index is 5.96. The zero-order chi connectivity index (χ0) is 23.2. The van der Waals surface area contributed by atoms with Gasteiger partial charge in [0.25, 0.3) is 0 Å². The Labute approximate surface area is 205 Å². The van der Waals surface area contributed by atoms with Crippen LogP contribution in [0.3, 0.4) is 0 Å². The fraction of sp³-hybridized carbons (Fsp3) is 0.0870. The number of ether oxygens (including phenoxy) is 2. The number of halogens is 1. The lowest BCUT2D eigenvalue weighted by molar-refractivity contribution is 0.414. The molecule has 0 bridgehead atoms. The van der Waals surface area contributed by atoms with Crippen LogP contribution in [-0.2, 0) is 0 Å². The first-order valence-corrected chi connectivity index (χ1v) is 11.4. The molecule has 0 aliphatic rings. The zero-order valence-corrected chi connectivity index (χ0v) is 20.2. The first kappa shape index (κ1) is 22.8. The van der Waals surface area contributed by atoms with Crippen LogP contribution in [0.2, 0.25) is 5.02 Å². The molecule has 10 heteroatoms. The Hall–Kier alpha value is -3.40. The molecule has 33 heavy (non-hydrogen) atoms. The fourth-order valence-electron chi connectivity index (χ4n) is 2.94. The first-order chi connectivity index (χ1) is 16.1. The van der Waals surface area contributed by atoms with Crippen molar-refractivity contribution in [3.05, 3.63) is 82.6 Å². The van der Waals surface area contributed by atoms with Gasteiger partial charge in [0.2, 0.25) is 10.7 Å². The van der Waals surface area contributed by atoms with Crippen LogP contribution in [0.5, 0.6) is 11.5 Å². The minimum absolute atomic E-state index is 0.305. The van der Waals surface area contributed by atoms with Crippen molar-refractivity contribution in [1.29, 1.82) is 0 Å². The highest BCUT2D eigenvalue weighted by Crippen LogP contribution is 2.22. The summed E-state index contributed by atoms with van der Waals surface area (Å²) in [6.45, 7) is 0. The van der Waals surface area contributed by atoms with E-state index >= 15 is 0 Å². The molecule has 0 fully saturated rings. The van der Waals surface area contributed by atoms with Gasteiger partial charge < -0.3 is 20.1 Å². The quantitative estimate of drug-likeness (QED) is 0.335. The Balaban J connectivity index is 1.70. The molecule has 2 N–H and O–H groups in total. The van der Waals surface area contributed by atoms with Gasteiger partial charge in [-0.3, -0.25) is 4.57 Å². The van der Waals surface area contributed by atoms with Crippen molar-refractivity contribution in [2.24, 2.45) is 4.99 Å². The molecular weight excluding hydrogens is 478 g/mol. The molecule has 0 amide bonds. The Morgan fingerprint density at radius 3 is 2.09 bits per heavy atom. The van der Waals surface area contributed by atoms with E-state index in [1.165, 1.54) is 11.5 Å². The number of thiocarbonyl (C=S) groups is 1. The van der Waals surface area contributed by atoms with Crippen LogP contribution in [0.15, 0.2) is 77.8 Å². The summed E-state index contributed by atoms with van der Waals surface area (Å²) in [6, 6.07) is 22.5. The molecule has 1 heterocycles. The number of hydrogen-bond donors (Lipinski definition) is 2. The van der Waals surface area contributed by atoms with Gasteiger partial charge in [0.1, 0.15) is 11.5 Å². The molecule has 0 aliphatic heterocycles. The molecule has 3 aromatic carbocycles. The third-order valence-corrected chi connectivity index (χ3v) is 5.73. The highest BCUT2D eigenvalue weighted by atomic mass is 35.5. The van der Waals surface area contributed by atoms with Crippen molar-refractivity contribution in [2.45, 2.75) is 0 Å². The molecule has 168 valence electrons. The Morgan fingerprint density at radius 2 is 1.48 bits per heavy atom. The monoisotopic (exact) mass is 497 g/mol. The summed E-state index contributed by atoms with van der Waals surface area (Å²) in [5.74, 6) is 2.13. The highest BCUT2D eigenvalue weighted by molar-refractivity contribution is 7.80. The van der Waals surface area contributed by atoms with Gasteiger partial charge in [-0.05, 0) is 85.0 Å². The predicted octanol–water partition coefficient (Wildman–Crippen LogP) is 5.65. The van der Waals surface area contributed by atoms with Crippen molar-refractivity contribution in [3.63, 3.8) is 0 Å². The molecule has 0 saturated heterocycles. The van der Waals surface area contributed by atoms with E-state index < -0.39 is 0 Å². The van der Waals surface area contributed by atoms with Crippen LogP contribution in [0.25, 0.3) is 5.69 Å². The smallest absolute Gasteiger partial charge is 0.225 e. The average molecular weight is 498 g/mol. The third-order valence-electron chi connectivity index (χ3n) is 4.59. The number of methoxy groups -OCH3 is 2. The minimum Gasteiger partial charge on any atom is -0.497 e. The number of nitrogens with zero attached hydrogens (tertiary/aromatic N) is 3. The van der Waals surface area contributed by atoms with Crippen LogP contribution in [-0.4, -0.2) is 28.3 Å². The van der Waals surface area contributed by atoms with Crippen molar-refractivity contribution in [1.82, 2.24) is 8.94 Å². The summed E-state index contributed by atoms with van der Waals surface area (Å²) in [5, 5.41) is 7.40. The molecule has 4 rings (SSSR count). The number of hydrogen-bond acceptors (Lipinski definition) is 6. The van der Waals surface area contributed by atoms with Crippen LogP contribution in [0, 0.1) is 0 Å². The van der Waals surface area contributed by atoms with Crippen LogP contribution in [0.1, 0.15) is 0 Å². The van der Waals surface area contributed by atoms with E-state index in [0.29, 0.717) is 20.9 Å². The van der Waals surface area contributed by atoms with E-state index in [4.69, 9.17) is 33.3 Å². The van der Waals surface area contributed by atoms with Gasteiger partial charge in [0.15, 0.2) is 5.11 Å². The van der Waals surface area contributed by atoms with E-state index in [-0.39, 0.29) is 0 Å². The molecule has 7 nitrogen and oxygen atoms in total. The van der Waals surface area contributed by atoms with Gasteiger partial charge in [-0.2, -0.15) is 9.37 Å². The molecule has 0 saturated carbocycles. The fourth-order valence-corrected chi connectivity index (χ4v) is 4.03. The van der Waals surface area contributed by atoms with Gasteiger partial charge in [-0.1, -0.05) is 11.6 Å². The molecular formula is C23H20ClN5O2S2. The lowest BCUT2D eigenvalue weighted by Gasteiger charge is -2.11. The van der Waals surface area contributed by atoms with Gasteiger partial charge in [0.05, 0.1) is 19.9 Å². The molecule has 0 radical (unpaired) electrons. The molecule has 0 spiro atoms. The molecule has 1 aromatic heterocycles. The van der Waals surface area contributed by atoms with Crippen LogP contribution >= 0.6 is 35.4 Å². The lowest BCUT2D eigenvalue weighted by atomic mass is 10.3. The van der Waals surface area contributed by atoms with Gasteiger partial charge in [-0.25, -0.2) is 0 Å². The maximum atomic E-state index is 5.96. The largest absolute Gasteiger partial charge is 0.497 e. The van der Waals surface area contributed by atoms with Crippen molar-refractivity contribution < 1.29 is 9.47 Å². The van der Waals surface area contributed by atoms with Crippen molar-refractivity contribution >= 4 is 57.8 Å². The number of nitrogens with one attached hydrogen (secondary N) is 2. The molecule has 0 unspecified atom stereocenters. The summed E-state index contributed by atoms with van der Waals surface area (Å²) >= 11 is 12.7. The zero-order valence-electron chi connectivity index (χ0n) is 17.8. The Kier molecular flexibility index (Phi) is 7.23. The van der Waals surface area contributed by atoms with Crippen LogP contribution in [0.4, 0.5) is 17.3 Å². The van der Waals surface area contributed by atoms with Gasteiger partial charge in [0, 0.05) is 27.9 Å². The van der Waals surface area contributed by atoms with E-state index in [9.17, 15) is 0 Å². The van der Waals surface area contributed by atoms with E-state index in [0.717, 1.165) is 28.6 Å². The number of benzene rings is 3. The number of rotatable bonds is 6. The number of aromatic nitrogens is 2. The summed E-state index contributed by atoms with van der Waals surface area (Å²) in [4.78, 5) is 5.20. The topological polar surface area (TPSA) is 72.7 Å². The van der Waals surface area contributed by atoms with Crippen molar-refractivity contribution in [3.8, 4) is 17.2 Å². The first-order valence-electron chi connectivity index (χ1n) is 9.81. The standard InChI is InChI=1S/C23H20ClN5O2S2/c1-30-19-11-7-16(8-12-19)25-21-28-33-23(29(21)18-9-13-20(31-2)14-10-18)27-22(32)26-17-5-3-15(24)4-6-17/h3-14H,1-2H3,(H,25,28)(H,26,32)/b27-23-. The second-order valence-electron chi connectivity index (χ2n) is 6.72. The van der Waals surface area contributed by atoms with Crippen molar-refractivity contribution in [2.75, 3.05) is 24.9 Å². The predicted molar refractivity (Wildman–Crippen MR) is 138 cm³/mol. The van der Waals surface area contributed by atoms with E-state index in [1.54, 1.807) is 26.4 Å². The lowest BCUT2D eigenvalue weighted by Crippen LogP contribution is -2.19. The normalized spacial score (nSPS) is 11.2. The summed E-state index contributed by atoms with van der Waals surface area (Å²) < 4.78 is 17.0. The summed E-state index contributed by atoms with van der Waals surface area (Å²) in [5.41, 5.74) is 2.51. The molecule has 4 aromatic rings. The SMILES string of the molecule is COc1ccc(Nc2ns/c(=N\C(=S)Nc3ccc(Cl)cc3)n2-c2ccc(OC)cc2)cc1. The maximum Gasteiger partial charge on any atom is 0.225 e. The average Bonchev–Trinajstić information content (AvgIpc) is 3.22. The third kappa shape index (κ3) is 5.70. The summed E-state index contributed by atoms with van der Waals surface area (Å²) in [7, 11) is 3.27. The minimum atomic E-state index is 0.305.